The molecule has 45 heteroatoms. The first-order valence-electron chi connectivity index (χ1n) is 31.9. The third kappa shape index (κ3) is 19.8. The number of benzene rings is 4. The van der Waals surface area contributed by atoms with Crippen LogP contribution in [0.2, 0.25) is 0 Å². The number of anilines is 2. The van der Waals surface area contributed by atoms with E-state index in [-0.39, 0.29) is 139 Å². The lowest BCUT2D eigenvalue weighted by Crippen LogP contribution is -2.47. The Morgan fingerprint density at radius 2 is 1.45 bits per heavy atom. The zero-order valence-electron chi connectivity index (χ0n) is 57.5. The Kier molecular flexibility index (Phi) is 24.2. The molecular formula is C62H73N9O31P3S2+. The van der Waals surface area contributed by atoms with E-state index in [1.54, 1.807) is 50.5 Å². The number of nitrogens with one attached hydrogen (secondary N) is 2. The smallest absolute Gasteiger partial charge is 0.478 e. The van der Waals surface area contributed by atoms with Gasteiger partial charge in [0.1, 0.15) is 55.1 Å². The molecule has 0 aliphatic carbocycles. The number of nitrogens with zero attached hydrogens (tertiary/aromatic N) is 6. The molecule has 5 atom stereocenters. The van der Waals surface area contributed by atoms with Crippen LogP contribution in [0.3, 0.4) is 0 Å². The SMILES string of the molecule is CN1c2cc3c(cc2C(CS(=O)(=O)O)=CC1(C)C)C(c1ccc(C(=O)NCCOCCOCCOCCOCc2cccc(COC(=O)O[C@@H]4C[C@H](n5cnc6c(=O)[nH]c(N)nc65)O[C@@H]4COP(=O)(O)OP(=O)(O)OP(=O)(O)O)c2[N+](=O)[O-])cc1C(=O)O)=c1cc2c(cc1O3)=[N+](C)C(C)(C)C=C2CS(=O)(=O)O. The lowest BCUT2D eigenvalue weighted by molar-refractivity contribution is -0.387. The predicted molar refractivity (Wildman–Crippen MR) is 373 cm³/mol. The summed E-state index contributed by atoms with van der Waals surface area (Å²) >= 11 is 0. The minimum absolute atomic E-state index is 0.0125. The summed E-state index contributed by atoms with van der Waals surface area (Å²) in [5, 5.41) is 26.8. The maximum Gasteiger partial charge on any atom is 0.508 e. The van der Waals surface area contributed by atoms with Crippen LogP contribution in [-0.4, -0.2) is 201 Å². The number of hydrogen-bond acceptors (Lipinski definition) is 28. The number of carboxylic acid groups (broad SMARTS) is 1. The van der Waals surface area contributed by atoms with Crippen molar-refractivity contribution in [1.82, 2.24) is 29.4 Å². The van der Waals surface area contributed by atoms with Gasteiger partial charge in [0.15, 0.2) is 16.7 Å². The Bertz CT molecular complexity index is 5220. The van der Waals surface area contributed by atoms with Gasteiger partial charge in [-0.2, -0.15) is 30.4 Å². The Balaban J connectivity index is 0.701. The van der Waals surface area contributed by atoms with Crippen molar-refractivity contribution in [3.63, 3.8) is 0 Å². The van der Waals surface area contributed by atoms with Gasteiger partial charge < -0.3 is 78.5 Å². The number of carbonyl (C=O) groups excluding carboxylic acids is 2. The van der Waals surface area contributed by atoms with Gasteiger partial charge in [-0.15, -0.1) is 0 Å². The second kappa shape index (κ2) is 31.9. The second-order valence-corrected chi connectivity index (χ2v) is 32.9. The number of nitro benzene ring substituents is 1. The molecule has 107 heavy (non-hydrogen) atoms. The van der Waals surface area contributed by atoms with E-state index in [9.17, 15) is 83.8 Å². The van der Waals surface area contributed by atoms with Crippen molar-refractivity contribution < 1.29 is 135 Å². The summed E-state index contributed by atoms with van der Waals surface area (Å²) in [6.07, 6.45) is -1.70. The number of nitrogen functional groups attached to an aromatic ring is 1. The molecule has 0 saturated carbocycles. The average Bonchev–Trinajstić information content (AvgIpc) is 1.33. The number of aromatic amines is 1. The zero-order valence-corrected chi connectivity index (χ0v) is 61.8. The van der Waals surface area contributed by atoms with E-state index >= 15 is 0 Å². The van der Waals surface area contributed by atoms with Gasteiger partial charge >= 0.3 is 35.6 Å². The van der Waals surface area contributed by atoms with E-state index in [0.717, 1.165) is 6.33 Å². The van der Waals surface area contributed by atoms with Crippen LogP contribution in [0.25, 0.3) is 27.9 Å². The van der Waals surface area contributed by atoms with E-state index in [2.05, 4.69) is 28.9 Å². The normalized spacial score (nSPS) is 18.5. The van der Waals surface area contributed by atoms with Crippen LogP contribution in [-0.2, 0) is 93.4 Å². The highest BCUT2D eigenvalue weighted by atomic mass is 32.2. The first-order valence-corrected chi connectivity index (χ1v) is 39.7. The molecule has 0 bridgehead atoms. The van der Waals surface area contributed by atoms with E-state index in [1.165, 1.54) is 41.0 Å². The molecule has 2 unspecified atom stereocenters. The zero-order chi connectivity index (χ0) is 78.1. The standard InChI is InChI=1S/C62H72N9O31P3S2/c1-61(2)26-37(31-106(86,87)88)40-21-43-47(23-45(40)68(61)5)98-48-24-46-41(38(32-107(89,90)91)27-62(3,4)69(46)6)22-44(48)52(43)39-11-10-34(20-42(39)58(74)75)56(72)64-12-13-92-14-15-93-16-17-94-18-19-95-28-35-8-7-9-36(54(35)71(77)78)29-96-60(76)100-49-25-51(70-33-65-53-55(70)66-59(63)67-57(53)73)99-50(49)30-97-104(82,83)102-105(84,85)101-103(79,80)81/h7-11,20-24,26-27,33,49-51H,12-19,25,28-32H2,1-6H3,(H10-,63,64,66,67,72,73,74,75,79,80,81,82,83,84,85,86,87,88,89,90,91)/p+1/t49-,50-,51-/m1/s1. The quantitative estimate of drug-likeness (QED) is 0.00533. The number of aromatic nitrogens is 4. The molecule has 4 aliphatic heterocycles. The number of rotatable bonds is 33. The second-order valence-electron chi connectivity index (χ2n) is 25.5. The summed E-state index contributed by atoms with van der Waals surface area (Å²) in [6.45, 7) is 5.66. The van der Waals surface area contributed by atoms with Crippen molar-refractivity contribution in [3.05, 3.63) is 155 Å². The summed E-state index contributed by atoms with van der Waals surface area (Å²) in [5.41, 5.74) is 4.64. The highest BCUT2D eigenvalue weighted by Gasteiger charge is 2.46. The van der Waals surface area contributed by atoms with Crippen LogP contribution in [0, 0.1) is 10.1 Å². The van der Waals surface area contributed by atoms with Gasteiger partial charge in [-0.3, -0.25) is 42.9 Å². The third-order valence-corrected chi connectivity index (χ3v) is 22.4. The molecular weight excluding hydrogens is 1520 g/mol. The Morgan fingerprint density at radius 1 is 0.813 bits per heavy atom. The van der Waals surface area contributed by atoms with Crippen LogP contribution in [0.15, 0.2) is 83.9 Å². The van der Waals surface area contributed by atoms with Gasteiger partial charge in [0, 0.05) is 73.1 Å². The van der Waals surface area contributed by atoms with Crippen molar-refractivity contribution in [2.45, 2.75) is 76.8 Å². The van der Waals surface area contributed by atoms with Crippen molar-refractivity contribution in [2.75, 3.05) is 95.6 Å². The first kappa shape index (κ1) is 80.9. The summed E-state index contributed by atoms with van der Waals surface area (Å²) in [6, 6.07) is 14.8. The Hall–Kier alpha value is -8.58. The predicted octanol–water partition coefficient (Wildman–Crippen LogP) is 3.69. The van der Waals surface area contributed by atoms with Crippen molar-refractivity contribution in [1.29, 1.82) is 0 Å². The number of phosphoric acid groups is 3. The maximum absolute atomic E-state index is 13.7. The Morgan fingerprint density at radius 3 is 2.08 bits per heavy atom. The highest BCUT2D eigenvalue weighted by Crippen LogP contribution is 2.66. The number of nitro groups is 1. The van der Waals surface area contributed by atoms with Crippen molar-refractivity contribution in [3.8, 4) is 11.5 Å². The molecule has 2 aromatic heterocycles. The van der Waals surface area contributed by atoms with Gasteiger partial charge in [-0.05, 0) is 73.0 Å². The molecule has 6 aromatic rings. The number of amides is 1. The monoisotopic (exact) mass is 1600 g/mol. The van der Waals surface area contributed by atoms with Gasteiger partial charge in [0.25, 0.3) is 37.4 Å². The van der Waals surface area contributed by atoms with E-state index in [1.807, 2.05) is 37.2 Å². The first-order chi connectivity index (χ1) is 50.0. The third-order valence-electron chi connectivity index (χ3n) is 17.3. The van der Waals surface area contributed by atoms with Crippen LogP contribution in [0.1, 0.15) is 94.4 Å². The highest BCUT2D eigenvalue weighted by molar-refractivity contribution is 7.86. The van der Waals surface area contributed by atoms with E-state index in [4.69, 9.17) is 57.9 Å². The molecule has 1 amide bonds. The van der Waals surface area contributed by atoms with Crippen molar-refractivity contribution >= 4 is 107 Å². The number of imidazole rings is 1. The van der Waals surface area contributed by atoms with Crippen LogP contribution in [0.5, 0.6) is 11.5 Å². The van der Waals surface area contributed by atoms with E-state index < -0.39 is 132 Å². The lowest BCUT2D eigenvalue weighted by Gasteiger charge is -2.41. The number of aromatic carboxylic acids is 1. The molecule has 4 aliphatic rings. The average molecular weight is 1600 g/mol. The molecule has 1 saturated heterocycles. The fourth-order valence-electron chi connectivity index (χ4n) is 12.2. The van der Waals surface area contributed by atoms with Gasteiger partial charge in [-0.25, -0.2) is 32.8 Å². The van der Waals surface area contributed by atoms with Crippen LogP contribution >= 0.6 is 23.5 Å². The Labute approximate surface area is 607 Å². The largest absolute Gasteiger partial charge is 0.508 e. The van der Waals surface area contributed by atoms with E-state index in [0.29, 0.717) is 33.0 Å². The summed E-state index contributed by atoms with van der Waals surface area (Å²) in [4.78, 5) is 114. The number of para-hydroxylation sites is 1. The number of H-pyrrole nitrogens is 1. The number of fused-ring (bicyclic) bond motifs is 5. The molecule has 0 radical (unpaired) electrons. The number of ether oxygens (including phenoxy) is 8. The number of hydrogen-bond donors (Lipinski definition) is 10. The fraction of sp³-hybridized carbons (Fsp3) is 0.403. The number of nitrogens with two attached hydrogens (primary N) is 1. The minimum Gasteiger partial charge on any atom is -0.478 e. The maximum atomic E-state index is 13.7. The topological polar surface area (TPSA) is 565 Å². The molecule has 6 heterocycles. The van der Waals surface area contributed by atoms with Gasteiger partial charge in [-0.1, -0.05) is 18.2 Å². The fourth-order valence-corrected chi connectivity index (χ4v) is 16.5. The van der Waals surface area contributed by atoms with Gasteiger partial charge in [0.05, 0.1) is 105 Å². The summed E-state index contributed by atoms with van der Waals surface area (Å²) < 4.78 is 167. The summed E-state index contributed by atoms with van der Waals surface area (Å²) in [7, 11) is -23.0. The molecule has 10 rings (SSSR count). The summed E-state index contributed by atoms with van der Waals surface area (Å²) in [5.74, 6) is -3.45. The molecule has 4 aromatic carbocycles. The minimum atomic E-state index is -5.94. The molecule has 1 fully saturated rings. The number of phosphoric ester groups is 1. The van der Waals surface area contributed by atoms with Crippen LogP contribution in [0.4, 0.5) is 22.1 Å². The number of carboxylic acids is 1. The molecule has 11 N–H and O–H groups in total. The van der Waals surface area contributed by atoms with Crippen molar-refractivity contribution in [2.24, 2.45) is 0 Å². The molecule has 578 valence electrons. The number of carbonyl (C=O) groups is 3. The molecule has 40 nitrogen and oxygen atoms in total. The van der Waals surface area contributed by atoms with Crippen LogP contribution < -0.4 is 41.4 Å². The van der Waals surface area contributed by atoms with Gasteiger partial charge in [0.2, 0.25) is 11.3 Å². The number of likely N-dealkylation sites (N-methyl/N-ethyl adjacent to an activating group) is 2. The molecule has 0 spiro atoms. The lowest BCUT2D eigenvalue weighted by atomic mass is 9.83.